The van der Waals surface area contributed by atoms with Crippen LogP contribution in [-0.2, 0) is 14.3 Å². The lowest BCUT2D eigenvalue weighted by molar-refractivity contribution is -0.133. The maximum Gasteiger partial charge on any atom is 0.283 e. The van der Waals surface area contributed by atoms with Crippen LogP contribution in [0.3, 0.4) is 0 Å². The zero-order chi connectivity index (χ0) is 26.6. The highest BCUT2D eigenvalue weighted by Crippen LogP contribution is 2.34. The van der Waals surface area contributed by atoms with Crippen molar-refractivity contribution in [1.29, 1.82) is 5.41 Å². The van der Waals surface area contributed by atoms with E-state index >= 15 is 0 Å². The number of hydrogen-bond acceptors (Lipinski definition) is 8. The van der Waals surface area contributed by atoms with Crippen LogP contribution in [0, 0.1) is 5.41 Å². The second-order valence-corrected chi connectivity index (χ2v) is 9.81. The molecule has 38 heavy (non-hydrogen) atoms. The molecule has 1 N–H and O–H groups in total. The number of aliphatic imine (C=N–C) groups is 1. The van der Waals surface area contributed by atoms with Crippen molar-refractivity contribution >= 4 is 45.7 Å². The second-order valence-electron chi connectivity index (χ2n) is 8.76. The molecule has 1 atom stereocenters. The highest BCUT2D eigenvalue weighted by molar-refractivity contribution is 8.27. The molecule has 1 unspecified atom stereocenters. The third-order valence-corrected chi connectivity index (χ3v) is 7.14. The Morgan fingerprint density at radius 3 is 2.68 bits per heavy atom. The Labute approximate surface area is 224 Å². The van der Waals surface area contributed by atoms with E-state index in [2.05, 4.69) is 10.1 Å². The summed E-state index contributed by atoms with van der Waals surface area (Å²) in [5, 5.41) is 15.1. The number of ether oxygens (including phenoxy) is 3. The van der Waals surface area contributed by atoms with Gasteiger partial charge in [0.15, 0.2) is 17.3 Å². The number of carbonyl (C=O) groups is 2. The number of amides is 2. The third-order valence-electron chi connectivity index (χ3n) is 6.23. The van der Waals surface area contributed by atoms with Crippen molar-refractivity contribution in [1.82, 2.24) is 9.91 Å². The summed E-state index contributed by atoms with van der Waals surface area (Å²) in [5.74, 6) is 0.357. The summed E-state index contributed by atoms with van der Waals surface area (Å²) in [7, 11) is 1.55. The number of morpholine rings is 1. The first-order valence-corrected chi connectivity index (χ1v) is 13.0. The number of nitrogens with zero attached hydrogens (tertiary/aromatic N) is 4. The fraction of sp³-hybridized carbons (Fsp3) is 0.296. The molecule has 2 amide bonds. The van der Waals surface area contributed by atoms with Crippen LogP contribution in [0.25, 0.3) is 6.08 Å². The number of carbonyl (C=O) groups excluding carboxylic acids is 2. The number of thioether (sulfide) groups is 1. The number of nitrogens with one attached hydrogen (secondary N) is 1. The van der Waals surface area contributed by atoms with E-state index < -0.39 is 5.91 Å². The lowest BCUT2D eigenvalue weighted by Gasteiger charge is -2.26. The molecule has 196 valence electrons. The summed E-state index contributed by atoms with van der Waals surface area (Å²) in [5.41, 5.74) is 1.77. The SMILES string of the molecule is COc1cc(/C=C2/C(=N)N3N=C(CC(=O)N4CCOCC4)SC3=NC2=O)ccc1OC(C)c1ccccc1. The highest BCUT2D eigenvalue weighted by atomic mass is 32.2. The molecular weight excluding hydrogens is 506 g/mol. The van der Waals surface area contributed by atoms with Crippen molar-refractivity contribution in [2.75, 3.05) is 33.4 Å². The van der Waals surface area contributed by atoms with E-state index in [1.807, 2.05) is 37.3 Å². The molecule has 5 rings (SSSR count). The largest absolute Gasteiger partial charge is 0.493 e. The van der Waals surface area contributed by atoms with Crippen LogP contribution >= 0.6 is 11.8 Å². The van der Waals surface area contributed by atoms with Gasteiger partial charge in [-0.05, 0) is 48.0 Å². The van der Waals surface area contributed by atoms with Crippen LogP contribution in [0.1, 0.15) is 30.6 Å². The van der Waals surface area contributed by atoms with Crippen molar-refractivity contribution < 1.29 is 23.8 Å². The summed E-state index contributed by atoms with van der Waals surface area (Å²) < 4.78 is 16.9. The Morgan fingerprint density at radius 1 is 1.18 bits per heavy atom. The van der Waals surface area contributed by atoms with Gasteiger partial charge in [-0.1, -0.05) is 36.4 Å². The molecule has 2 aromatic rings. The standard InChI is InChI=1S/C27H27N5O5S/c1-17(19-6-4-3-5-7-19)37-21-9-8-18(15-22(21)35-2)14-20-25(28)32-27(29-26(20)34)38-23(30-32)16-24(33)31-10-12-36-13-11-31/h3-9,14-15,17,28H,10-13,16H2,1-2H3/b20-14-,28-25?. The predicted molar refractivity (Wildman–Crippen MR) is 146 cm³/mol. The average molecular weight is 534 g/mol. The molecule has 11 heteroatoms. The summed E-state index contributed by atoms with van der Waals surface area (Å²) in [6, 6.07) is 15.2. The zero-order valence-corrected chi connectivity index (χ0v) is 21.9. The normalized spacial score (nSPS) is 19.2. The molecule has 3 aliphatic heterocycles. The van der Waals surface area contributed by atoms with Crippen molar-refractivity contribution in [2.24, 2.45) is 10.1 Å². The molecule has 3 heterocycles. The lowest BCUT2D eigenvalue weighted by Crippen LogP contribution is -2.41. The summed E-state index contributed by atoms with van der Waals surface area (Å²) in [6.07, 6.45) is 1.47. The van der Waals surface area contributed by atoms with E-state index in [-0.39, 0.29) is 35.0 Å². The van der Waals surface area contributed by atoms with Gasteiger partial charge in [-0.3, -0.25) is 15.0 Å². The summed E-state index contributed by atoms with van der Waals surface area (Å²) >= 11 is 1.14. The lowest BCUT2D eigenvalue weighted by atomic mass is 10.1. The molecular formula is C27H27N5O5S. The number of hydrazone groups is 1. The van der Waals surface area contributed by atoms with Crippen LogP contribution in [0.15, 0.2) is 64.2 Å². The minimum Gasteiger partial charge on any atom is -0.493 e. The van der Waals surface area contributed by atoms with Gasteiger partial charge in [0.25, 0.3) is 5.91 Å². The van der Waals surface area contributed by atoms with Gasteiger partial charge in [-0.2, -0.15) is 15.1 Å². The van der Waals surface area contributed by atoms with Crippen molar-refractivity contribution in [2.45, 2.75) is 19.4 Å². The van der Waals surface area contributed by atoms with Crippen molar-refractivity contribution in [3.05, 3.63) is 65.2 Å². The van der Waals surface area contributed by atoms with E-state index in [1.54, 1.807) is 36.3 Å². The first-order chi connectivity index (χ1) is 18.4. The van der Waals surface area contributed by atoms with Gasteiger partial charge in [0.05, 0.1) is 32.3 Å². The van der Waals surface area contributed by atoms with Gasteiger partial charge < -0.3 is 19.1 Å². The predicted octanol–water partition coefficient (Wildman–Crippen LogP) is 3.70. The minimum atomic E-state index is -0.540. The number of benzene rings is 2. The monoisotopic (exact) mass is 533 g/mol. The van der Waals surface area contributed by atoms with E-state index in [1.165, 1.54) is 5.01 Å². The molecule has 1 saturated heterocycles. The molecule has 0 aliphatic carbocycles. The van der Waals surface area contributed by atoms with Gasteiger partial charge in [-0.25, -0.2) is 0 Å². The van der Waals surface area contributed by atoms with Gasteiger partial charge in [0.2, 0.25) is 11.1 Å². The van der Waals surface area contributed by atoms with Crippen molar-refractivity contribution in [3.8, 4) is 11.5 Å². The highest BCUT2D eigenvalue weighted by Gasteiger charge is 2.36. The number of rotatable bonds is 7. The Bertz CT molecular complexity index is 1350. The molecule has 0 radical (unpaired) electrons. The van der Waals surface area contributed by atoms with E-state index in [0.717, 1.165) is 17.3 Å². The van der Waals surface area contributed by atoms with Crippen LogP contribution in [0.5, 0.6) is 11.5 Å². The molecule has 1 fully saturated rings. The Hall–Kier alpha value is -3.96. The van der Waals surface area contributed by atoms with Gasteiger partial charge in [-0.15, -0.1) is 0 Å². The van der Waals surface area contributed by atoms with Gasteiger partial charge in [0, 0.05) is 13.1 Å². The minimum absolute atomic E-state index is 0.0652. The van der Waals surface area contributed by atoms with E-state index in [0.29, 0.717) is 48.4 Å². The molecule has 0 spiro atoms. The number of hydrogen-bond donors (Lipinski definition) is 1. The quantitative estimate of drug-likeness (QED) is 0.540. The Kier molecular flexibility index (Phi) is 7.57. The van der Waals surface area contributed by atoms with E-state index in [4.69, 9.17) is 19.6 Å². The summed E-state index contributed by atoms with van der Waals surface area (Å²) in [6.45, 7) is 4.07. The molecule has 0 bridgehead atoms. The van der Waals surface area contributed by atoms with Crippen molar-refractivity contribution in [3.63, 3.8) is 0 Å². The third kappa shape index (κ3) is 5.48. The zero-order valence-electron chi connectivity index (χ0n) is 21.0. The van der Waals surface area contributed by atoms with Gasteiger partial charge in [0.1, 0.15) is 11.1 Å². The fourth-order valence-electron chi connectivity index (χ4n) is 4.18. The molecule has 2 aromatic carbocycles. The van der Waals surface area contributed by atoms with Crippen LogP contribution < -0.4 is 9.47 Å². The maximum absolute atomic E-state index is 12.8. The fourth-order valence-corrected chi connectivity index (χ4v) is 5.05. The van der Waals surface area contributed by atoms with Crippen LogP contribution in [-0.4, -0.2) is 71.2 Å². The average Bonchev–Trinajstić information content (AvgIpc) is 3.34. The van der Waals surface area contributed by atoms with E-state index in [9.17, 15) is 9.59 Å². The molecule has 0 aromatic heterocycles. The second kappa shape index (κ2) is 11.2. The summed E-state index contributed by atoms with van der Waals surface area (Å²) in [4.78, 5) is 31.3. The number of amidine groups is 2. The smallest absolute Gasteiger partial charge is 0.283 e. The maximum atomic E-state index is 12.8. The first-order valence-electron chi connectivity index (χ1n) is 12.2. The number of fused-ring (bicyclic) bond motifs is 1. The number of methoxy groups -OCH3 is 1. The van der Waals surface area contributed by atoms with Crippen LogP contribution in [0.2, 0.25) is 0 Å². The topological polar surface area (TPSA) is 117 Å². The Balaban J connectivity index is 1.31. The first kappa shape index (κ1) is 25.7. The molecule has 0 saturated carbocycles. The molecule has 3 aliphatic rings. The van der Waals surface area contributed by atoms with Gasteiger partial charge >= 0.3 is 0 Å². The molecule has 10 nitrogen and oxygen atoms in total. The Morgan fingerprint density at radius 2 is 1.95 bits per heavy atom. The van der Waals surface area contributed by atoms with Crippen LogP contribution in [0.4, 0.5) is 0 Å².